The second kappa shape index (κ2) is 12.7. The molecule has 204 valence electrons. The van der Waals surface area contributed by atoms with Gasteiger partial charge < -0.3 is 9.47 Å². The van der Waals surface area contributed by atoms with Crippen molar-refractivity contribution in [3.8, 4) is 22.6 Å². The van der Waals surface area contributed by atoms with Crippen molar-refractivity contribution in [2.75, 3.05) is 6.61 Å². The summed E-state index contributed by atoms with van der Waals surface area (Å²) in [6.07, 6.45) is 4.71. The predicted octanol–water partition coefficient (Wildman–Crippen LogP) is 9.84. The highest BCUT2D eigenvalue weighted by atomic mass is 19.3. The summed E-state index contributed by atoms with van der Waals surface area (Å²) in [6, 6.07) is 16.8. The highest BCUT2D eigenvalue weighted by Crippen LogP contribution is 2.40. The van der Waals surface area contributed by atoms with E-state index in [2.05, 4.69) is 6.92 Å². The van der Waals surface area contributed by atoms with E-state index in [0.717, 1.165) is 42.4 Å². The molecule has 0 N–H and O–H groups in total. The van der Waals surface area contributed by atoms with Gasteiger partial charge in [-0.1, -0.05) is 80.6 Å². The van der Waals surface area contributed by atoms with Crippen molar-refractivity contribution in [3.05, 3.63) is 83.4 Å². The molecule has 0 atom stereocenters. The first-order valence-electron chi connectivity index (χ1n) is 13.6. The number of rotatable bonds is 11. The molecule has 1 aliphatic carbocycles. The second-order valence-corrected chi connectivity index (χ2v) is 10.4. The number of unbranched alkanes of at least 4 members (excludes halogenated alkanes) is 2. The van der Waals surface area contributed by atoms with Gasteiger partial charge in [-0.2, -0.15) is 13.2 Å². The number of alkyl halides is 2. The van der Waals surface area contributed by atoms with E-state index in [4.69, 9.17) is 9.47 Å². The highest BCUT2D eigenvalue weighted by molar-refractivity contribution is 5.64. The summed E-state index contributed by atoms with van der Waals surface area (Å²) in [4.78, 5) is 0. The maximum atomic E-state index is 14.9. The van der Waals surface area contributed by atoms with Gasteiger partial charge in [0.25, 0.3) is 0 Å². The summed E-state index contributed by atoms with van der Waals surface area (Å²) in [5.74, 6) is -2.25. The van der Waals surface area contributed by atoms with Gasteiger partial charge in [-0.15, -0.1) is 0 Å². The highest BCUT2D eigenvalue weighted by Gasteiger charge is 2.34. The Morgan fingerprint density at radius 2 is 1.42 bits per heavy atom. The molecule has 4 rings (SSSR count). The zero-order valence-electron chi connectivity index (χ0n) is 22.1. The maximum absolute atomic E-state index is 14.9. The summed E-state index contributed by atoms with van der Waals surface area (Å²) < 4.78 is 68.3. The Bertz CT molecular complexity index is 1170. The molecule has 1 aliphatic rings. The zero-order valence-corrected chi connectivity index (χ0v) is 22.1. The van der Waals surface area contributed by atoms with E-state index >= 15 is 0 Å². The van der Waals surface area contributed by atoms with Gasteiger partial charge in [0.2, 0.25) is 5.82 Å². The van der Waals surface area contributed by atoms with E-state index in [9.17, 15) is 17.6 Å². The van der Waals surface area contributed by atoms with E-state index < -0.39 is 30.1 Å². The van der Waals surface area contributed by atoms with Gasteiger partial charge in [0.05, 0.1) is 0 Å². The molecule has 0 amide bonds. The van der Waals surface area contributed by atoms with Gasteiger partial charge in [0.15, 0.2) is 18.2 Å². The Labute approximate surface area is 223 Å². The molecular weight excluding hydrogens is 492 g/mol. The predicted molar refractivity (Wildman–Crippen MR) is 143 cm³/mol. The number of hydrogen-bond acceptors (Lipinski definition) is 2. The molecule has 38 heavy (non-hydrogen) atoms. The molecule has 0 saturated heterocycles. The van der Waals surface area contributed by atoms with Crippen LogP contribution in [-0.4, -0.2) is 12.7 Å². The Hall–Kier alpha value is -3.02. The van der Waals surface area contributed by atoms with Crippen LogP contribution in [-0.2, 0) is 0 Å². The Balaban J connectivity index is 1.32. The molecule has 0 bridgehead atoms. The van der Waals surface area contributed by atoms with Crippen LogP contribution in [0.4, 0.5) is 17.6 Å². The van der Waals surface area contributed by atoms with Gasteiger partial charge in [0, 0.05) is 0 Å². The van der Waals surface area contributed by atoms with Gasteiger partial charge in [-0.3, -0.25) is 0 Å². The van der Waals surface area contributed by atoms with Gasteiger partial charge >= 0.3 is 6.11 Å². The van der Waals surface area contributed by atoms with E-state index in [1.807, 2.05) is 31.2 Å². The smallest absolute Gasteiger partial charge is 0.432 e. The van der Waals surface area contributed by atoms with E-state index in [1.54, 1.807) is 12.1 Å². The van der Waals surface area contributed by atoms with E-state index in [0.29, 0.717) is 11.5 Å². The lowest BCUT2D eigenvalue weighted by Gasteiger charge is -2.29. The largest absolute Gasteiger partial charge is 0.480 e. The molecule has 1 fully saturated rings. The minimum atomic E-state index is -3.73. The number of hydrogen-bond donors (Lipinski definition) is 0. The first-order chi connectivity index (χ1) is 18.3. The number of halogens is 4. The second-order valence-electron chi connectivity index (χ2n) is 10.4. The van der Waals surface area contributed by atoms with Gasteiger partial charge in [0.1, 0.15) is 5.75 Å². The lowest BCUT2D eigenvalue weighted by molar-refractivity contribution is -0.195. The van der Waals surface area contributed by atoms with Crippen LogP contribution >= 0.6 is 0 Å². The minimum Gasteiger partial charge on any atom is -0.480 e. The van der Waals surface area contributed by atoms with Gasteiger partial charge in [-0.25, -0.2) is 4.39 Å². The Kier molecular flexibility index (Phi) is 9.35. The van der Waals surface area contributed by atoms with Crippen molar-refractivity contribution in [1.82, 2.24) is 0 Å². The molecule has 0 radical (unpaired) electrons. The summed E-state index contributed by atoms with van der Waals surface area (Å²) in [5, 5.41) is 0. The van der Waals surface area contributed by atoms with E-state index in [1.165, 1.54) is 49.9 Å². The fourth-order valence-corrected chi connectivity index (χ4v) is 5.24. The van der Waals surface area contributed by atoms with Crippen LogP contribution in [0, 0.1) is 24.5 Å². The number of aryl methyl sites for hydroxylation is 1. The van der Waals surface area contributed by atoms with Crippen LogP contribution in [0.2, 0.25) is 0 Å². The Morgan fingerprint density at radius 3 is 2.05 bits per heavy atom. The molecule has 0 aromatic heterocycles. The summed E-state index contributed by atoms with van der Waals surface area (Å²) in [7, 11) is 0. The lowest BCUT2D eigenvalue weighted by Crippen LogP contribution is -2.32. The van der Waals surface area contributed by atoms with Crippen LogP contribution in [0.1, 0.15) is 75.3 Å². The lowest BCUT2D eigenvalue weighted by atomic mass is 9.77. The van der Waals surface area contributed by atoms with Crippen molar-refractivity contribution in [3.63, 3.8) is 0 Å². The average molecular weight is 529 g/mol. The molecule has 0 unspecified atom stereocenters. The maximum Gasteiger partial charge on any atom is 0.432 e. The topological polar surface area (TPSA) is 18.5 Å². The molecule has 0 heterocycles. The first kappa shape index (κ1) is 28.0. The van der Waals surface area contributed by atoms with Crippen LogP contribution in [0.3, 0.4) is 0 Å². The molecular formula is C32H36F4O2. The van der Waals surface area contributed by atoms with Crippen molar-refractivity contribution < 1.29 is 27.0 Å². The third-order valence-corrected chi connectivity index (χ3v) is 7.48. The summed E-state index contributed by atoms with van der Waals surface area (Å²) in [6.45, 7) is 2.92. The number of ether oxygens (including phenoxy) is 2. The van der Waals surface area contributed by atoms with Crippen LogP contribution in [0.5, 0.6) is 11.5 Å². The molecule has 0 aliphatic heterocycles. The number of benzene rings is 3. The first-order valence-corrected chi connectivity index (χ1v) is 13.6. The fraction of sp³-hybridized carbons (Fsp3) is 0.438. The summed E-state index contributed by atoms with van der Waals surface area (Å²) in [5.41, 5.74) is 3.25. The zero-order chi connectivity index (χ0) is 27.1. The quantitative estimate of drug-likeness (QED) is 0.182. The molecule has 1 saturated carbocycles. The summed E-state index contributed by atoms with van der Waals surface area (Å²) >= 11 is 0. The molecule has 6 heteroatoms. The normalized spacial score (nSPS) is 17.8. The van der Waals surface area contributed by atoms with Gasteiger partial charge in [-0.05, 0) is 79.3 Å². The fourth-order valence-electron chi connectivity index (χ4n) is 5.24. The van der Waals surface area contributed by atoms with Crippen LogP contribution in [0.25, 0.3) is 11.1 Å². The van der Waals surface area contributed by atoms with Crippen molar-refractivity contribution >= 4 is 0 Å². The monoisotopic (exact) mass is 528 g/mol. The third-order valence-electron chi connectivity index (χ3n) is 7.48. The SMILES string of the molecule is CCCCCC1CCC(c2ccc(OCC(F)(F)Oc3ccc(-c4ccc(C)cc4)cc3)c(F)c2F)CC1. The standard InChI is InChI=1S/C32H36F4O2/c1-3-4-5-6-23-9-13-26(14-10-23)28-19-20-29(31(34)30(28)33)37-21-32(35,36)38-27-17-15-25(16-18-27)24-11-7-22(2)8-12-24/h7-8,11-12,15-20,23,26H,3-6,9-10,13-14,21H2,1-2H3. The van der Waals surface area contributed by atoms with Crippen LogP contribution < -0.4 is 9.47 Å². The molecule has 3 aromatic rings. The van der Waals surface area contributed by atoms with Crippen LogP contribution in [0.15, 0.2) is 60.7 Å². The third kappa shape index (κ3) is 7.30. The average Bonchev–Trinajstić information content (AvgIpc) is 2.91. The molecule has 3 aromatic carbocycles. The molecule has 2 nitrogen and oxygen atoms in total. The van der Waals surface area contributed by atoms with Crippen molar-refractivity contribution in [2.45, 2.75) is 77.2 Å². The van der Waals surface area contributed by atoms with Crippen molar-refractivity contribution in [2.24, 2.45) is 5.92 Å². The van der Waals surface area contributed by atoms with Crippen molar-refractivity contribution in [1.29, 1.82) is 0 Å². The molecule has 0 spiro atoms. The Morgan fingerprint density at radius 1 is 0.789 bits per heavy atom. The minimum absolute atomic E-state index is 0.0539. The van der Waals surface area contributed by atoms with E-state index in [-0.39, 0.29) is 11.7 Å².